The van der Waals surface area contributed by atoms with E-state index in [-0.39, 0.29) is 17.6 Å². The van der Waals surface area contributed by atoms with E-state index in [1.54, 1.807) is 54.4 Å². The molecule has 4 rings (SSSR count). The minimum Gasteiger partial charge on any atom is -0.497 e. The third-order valence-electron chi connectivity index (χ3n) is 4.66. The number of benzene rings is 3. The average molecular weight is 460 g/mol. The molecule has 0 aliphatic carbocycles. The van der Waals surface area contributed by atoms with E-state index >= 15 is 0 Å². The van der Waals surface area contributed by atoms with Crippen LogP contribution in [0.15, 0.2) is 90.3 Å². The van der Waals surface area contributed by atoms with Crippen molar-refractivity contribution in [1.82, 2.24) is 14.8 Å². The number of anilines is 2. The Bertz CT molecular complexity index is 1260. The zero-order chi connectivity index (χ0) is 23.0. The monoisotopic (exact) mass is 459 g/mol. The van der Waals surface area contributed by atoms with Gasteiger partial charge in [-0.1, -0.05) is 48.2 Å². The fourth-order valence-corrected chi connectivity index (χ4v) is 3.82. The van der Waals surface area contributed by atoms with E-state index in [1.165, 1.54) is 11.8 Å². The number of carbonyl (C=O) groups is 2. The number of thioether (sulfide) groups is 1. The Hall–Kier alpha value is -4.11. The van der Waals surface area contributed by atoms with Gasteiger partial charge in [-0.2, -0.15) is 0 Å². The predicted octanol–water partition coefficient (Wildman–Crippen LogP) is 4.26. The molecule has 3 aromatic carbocycles. The van der Waals surface area contributed by atoms with Crippen LogP contribution in [0.1, 0.15) is 10.4 Å². The second kappa shape index (κ2) is 10.5. The number of hydrogen-bond donors (Lipinski definition) is 2. The number of para-hydroxylation sites is 2. The number of rotatable bonds is 8. The third kappa shape index (κ3) is 5.58. The Morgan fingerprint density at radius 3 is 2.58 bits per heavy atom. The van der Waals surface area contributed by atoms with Crippen molar-refractivity contribution in [2.24, 2.45) is 0 Å². The summed E-state index contributed by atoms with van der Waals surface area (Å²) in [4.78, 5) is 25.4. The van der Waals surface area contributed by atoms with E-state index in [4.69, 9.17) is 4.74 Å². The fraction of sp³-hybridized carbons (Fsp3) is 0.0833. The highest BCUT2D eigenvalue weighted by atomic mass is 32.2. The first-order chi connectivity index (χ1) is 16.1. The first kappa shape index (κ1) is 22.1. The summed E-state index contributed by atoms with van der Waals surface area (Å²) in [5.74, 6) is 0.236. The Balaban J connectivity index is 1.42. The van der Waals surface area contributed by atoms with Crippen molar-refractivity contribution in [1.29, 1.82) is 0 Å². The average Bonchev–Trinajstić information content (AvgIpc) is 3.32. The maximum atomic E-state index is 12.7. The van der Waals surface area contributed by atoms with Crippen molar-refractivity contribution in [3.05, 3.63) is 90.8 Å². The standard InChI is InChI=1S/C24H21N5O3S/c1-32-19-11-7-10-18(14-19)29-16-25-28-24(29)33-15-22(30)27-21-13-6-5-12-20(21)23(31)26-17-8-3-2-4-9-17/h2-14,16H,15H2,1H3,(H,26,31)(H,27,30). The van der Waals surface area contributed by atoms with Gasteiger partial charge in [-0.3, -0.25) is 14.2 Å². The number of ether oxygens (including phenoxy) is 1. The van der Waals surface area contributed by atoms with Crippen molar-refractivity contribution in [2.45, 2.75) is 5.16 Å². The van der Waals surface area contributed by atoms with Crippen molar-refractivity contribution in [3.63, 3.8) is 0 Å². The normalized spacial score (nSPS) is 10.5. The van der Waals surface area contributed by atoms with Crippen LogP contribution in [0.25, 0.3) is 5.69 Å². The molecule has 0 saturated carbocycles. The summed E-state index contributed by atoms with van der Waals surface area (Å²) in [7, 11) is 1.60. The van der Waals surface area contributed by atoms with Crippen LogP contribution in [0, 0.1) is 0 Å². The lowest BCUT2D eigenvalue weighted by Gasteiger charge is -2.12. The van der Waals surface area contributed by atoms with Crippen LogP contribution >= 0.6 is 11.8 Å². The third-order valence-corrected chi connectivity index (χ3v) is 5.60. The summed E-state index contributed by atoms with van der Waals surface area (Å²) in [5.41, 5.74) is 2.31. The van der Waals surface area contributed by atoms with Crippen LogP contribution in [0.4, 0.5) is 11.4 Å². The van der Waals surface area contributed by atoms with Gasteiger partial charge in [0.15, 0.2) is 5.16 Å². The molecule has 8 nitrogen and oxygen atoms in total. The number of hydrogen-bond acceptors (Lipinski definition) is 6. The Kier molecular flexibility index (Phi) is 7.01. The van der Waals surface area contributed by atoms with Crippen molar-refractivity contribution in [3.8, 4) is 11.4 Å². The summed E-state index contributed by atoms with van der Waals surface area (Å²) in [5, 5.41) is 14.3. The minimum absolute atomic E-state index is 0.0945. The van der Waals surface area contributed by atoms with Gasteiger partial charge in [0.25, 0.3) is 5.91 Å². The second-order valence-corrected chi connectivity index (χ2v) is 7.83. The smallest absolute Gasteiger partial charge is 0.257 e. The van der Waals surface area contributed by atoms with E-state index in [2.05, 4.69) is 20.8 Å². The van der Waals surface area contributed by atoms with Crippen molar-refractivity contribution >= 4 is 35.0 Å². The molecular formula is C24H21N5O3S. The highest BCUT2D eigenvalue weighted by molar-refractivity contribution is 7.99. The van der Waals surface area contributed by atoms with Crippen LogP contribution in [0.3, 0.4) is 0 Å². The molecule has 166 valence electrons. The molecule has 2 amide bonds. The van der Waals surface area contributed by atoms with E-state index in [1.807, 2.05) is 42.5 Å². The number of methoxy groups -OCH3 is 1. The number of carbonyl (C=O) groups excluding carboxylic acids is 2. The zero-order valence-corrected chi connectivity index (χ0v) is 18.6. The molecule has 0 aliphatic heterocycles. The van der Waals surface area contributed by atoms with Gasteiger partial charge in [-0.25, -0.2) is 0 Å². The van der Waals surface area contributed by atoms with Gasteiger partial charge < -0.3 is 15.4 Å². The van der Waals surface area contributed by atoms with Crippen LogP contribution in [-0.2, 0) is 4.79 Å². The lowest BCUT2D eigenvalue weighted by Crippen LogP contribution is -2.19. The second-order valence-electron chi connectivity index (χ2n) is 6.89. The SMILES string of the molecule is COc1cccc(-n2cnnc2SCC(=O)Nc2ccccc2C(=O)Nc2ccccc2)c1. The van der Waals surface area contributed by atoms with Gasteiger partial charge in [0.2, 0.25) is 5.91 Å². The van der Waals surface area contributed by atoms with Crippen LogP contribution in [-0.4, -0.2) is 39.4 Å². The highest BCUT2D eigenvalue weighted by Crippen LogP contribution is 2.23. The van der Waals surface area contributed by atoms with E-state index in [9.17, 15) is 9.59 Å². The Labute approximate surface area is 195 Å². The van der Waals surface area contributed by atoms with Crippen LogP contribution in [0.5, 0.6) is 5.75 Å². The molecule has 0 aliphatic rings. The molecule has 0 unspecified atom stereocenters. The molecule has 0 saturated heterocycles. The molecular weight excluding hydrogens is 438 g/mol. The quantitative estimate of drug-likeness (QED) is 0.382. The molecule has 1 aromatic heterocycles. The maximum absolute atomic E-state index is 12.7. The molecule has 9 heteroatoms. The van der Waals surface area contributed by atoms with Gasteiger partial charge in [-0.15, -0.1) is 10.2 Å². The van der Waals surface area contributed by atoms with Gasteiger partial charge in [0.05, 0.1) is 29.8 Å². The van der Waals surface area contributed by atoms with Crippen LogP contribution < -0.4 is 15.4 Å². The number of amides is 2. The van der Waals surface area contributed by atoms with E-state index < -0.39 is 0 Å². The molecule has 2 N–H and O–H groups in total. The molecule has 33 heavy (non-hydrogen) atoms. The van der Waals surface area contributed by atoms with Gasteiger partial charge in [-0.05, 0) is 36.4 Å². The molecule has 0 bridgehead atoms. The number of nitrogens with zero attached hydrogens (tertiary/aromatic N) is 3. The zero-order valence-electron chi connectivity index (χ0n) is 17.8. The molecule has 1 heterocycles. The number of aromatic nitrogens is 3. The Morgan fingerprint density at radius 1 is 0.970 bits per heavy atom. The van der Waals surface area contributed by atoms with Gasteiger partial charge >= 0.3 is 0 Å². The maximum Gasteiger partial charge on any atom is 0.257 e. The van der Waals surface area contributed by atoms with E-state index in [0.29, 0.717) is 27.8 Å². The van der Waals surface area contributed by atoms with Crippen LogP contribution in [0.2, 0.25) is 0 Å². The number of nitrogens with one attached hydrogen (secondary N) is 2. The molecule has 0 radical (unpaired) electrons. The molecule has 0 fully saturated rings. The summed E-state index contributed by atoms with van der Waals surface area (Å²) >= 11 is 1.24. The molecule has 4 aromatic rings. The summed E-state index contributed by atoms with van der Waals surface area (Å²) < 4.78 is 7.05. The highest BCUT2D eigenvalue weighted by Gasteiger charge is 2.15. The summed E-state index contributed by atoms with van der Waals surface area (Å²) in [6.07, 6.45) is 1.58. The first-order valence-corrected chi connectivity index (χ1v) is 11.0. The molecule has 0 atom stereocenters. The largest absolute Gasteiger partial charge is 0.497 e. The summed E-state index contributed by atoms with van der Waals surface area (Å²) in [6.45, 7) is 0. The fourth-order valence-electron chi connectivity index (χ4n) is 3.09. The Morgan fingerprint density at radius 2 is 1.76 bits per heavy atom. The first-order valence-electron chi connectivity index (χ1n) is 10.1. The summed E-state index contributed by atoms with van der Waals surface area (Å²) in [6, 6.07) is 23.5. The van der Waals surface area contributed by atoms with E-state index in [0.717, 1.165) is 5.69 Å². The lowest BCUT2D eigenvalue weighted by atomic mass is 10.1. The van der Waals surface area contributed by atoms with Gasteiger partial charge in [0, 0.05) is 11.8 Å². The predicted molar refractivity (Wildman–Crippen MR) is 128 cm³/mol. The lowest BCUT2D eigenvalue weighted by molar-refractivity contribution is -0.113. The molecule has 0 spiro atoms. The topological polar surface area (TPSA) is 98.1 Å². The van der Waals surface area contributed by atoms with Gasteiger partial charge in [0.1, 0.15) is 12.1 Å². The van der Waals surface area contributed by atoms with Crippen molar-refractivity contribution in [2.75, 3.05) is 23.5 Å². The van der Waals surface area contributed by atoms with Crippen molar-refractivity contribution < 1.29 is 14.3 Å². The minimum atomic E-state index is -0.303.